The van der Waals surface area contributed by atoms with Gasteiger partial charge in [-0.05, 0) is 19.8 Å². The van der Waals surface area contributed by atoms with E-state index in [1.807, 2.05) is 18.7 Å². The summed E-state index contributed by atoms with van der Waals surface area (Å²) in [6, 6.07) is 0.296. The molecule has 0 atom stereocenters. The number of thiocarbonyl (C=S) groups is 1. The number of amides is 2. The van der Waals surface area contributed by atoms with E-state index in [1.165, 1.54) is 0 Å². The van der Waals surface area contributed by atoms with E-state index in [-0.39, 0.29) is 12.1 Å². The van der Waals surface area contributed by atoms with Crippen LogP contribution in [0.2, 0.25) is 0 Å². The van der Waals surface area contributed by atoms with Gasteiger partial charge in [0, 0.05) is 12.6 Å². The molecule has 1 heterocycles. The fourth-order valence-corrected chi connectivity index (χ4v) is 2.66. The van der Waals surface area contributed by atoms with E-state index in [1.54, 1.807) is 16.7 Å². The van der Waals surface area contributed by atoms with Gasteiger partial charge in [-0.1, -0.05) is 37.8 Å². The summed E-state index contributed by atoms with van der Waals surface area (Å²) in [5.74, 6) is 1.13. The van der Waals surface area contributed by atoms with Crippen LogP contribution in [0.3, 0.4) is 0 Å². The number of carbonyl (C=O) groups excluding carboxylic acids is 1. The zero-order chi connectivity index (χ0) is 11.6. The Kier molecular flexibility index (Phi) is 4.40. The Hall–Kier alpha value is -0.290. The third-order valence-electron chi connectivity index (χ3n) is 2.20. The first kappa shape index (κ1) is 12.8. The predicted octanol–water partition coefficient (Wildman–Crippen LogP) is 2.76. The molecule has 0 radical (unpaired) electrons. The number of urea groups is 1. The summed E-state index contributed by atoms with van der Waals surface area (Å²) in [4.78, 5) is 15.6. The van der Waals surface area contributed by atoms with Crippen LogP contribution in [0.4, 0.5) is 4.79 Å². The molecule has 2 amide bonds. The third-order valence-corrected chi connectivity index (χ3v) is 3.64. The Morgan fingerprint density at radius 3 is 2.47 bits per heavy atom. The molecule has 15 heavy (non-hydrogen) atoms. The van der Waals surface area contributed by atoms with Crippen LogP contribution in [-0.2, 0) is 0 Å². The molecule has 0 spiro atoms. The van der Waals surface area contributed by atoms with Gasteiger partial charge in [0.05, 0.1) is 5.88 Å². The molecule has 1 fully saturated rings. The van der Waals surface area contributed by atoms with E-state index in [0.29, 0.717) is 22.7 Å². The van der Waals surface area contributed by atoms with Crippen molar-refractivity contribution >= 4 is 34.3 Å². The maximum atomic E-state index is 12.1. The molecule has 0 N–H and O–H groups in total. The van der Waals surface area contributed by atoms with Crippen LogP contribution < -0.4 is 0 Å². The zero-order valence-electron chi connectivity index (χ0n) is 9.69. The van der Waals surface area contributed by atoms with Gasteiger partial charge in [0.15, 0.2) is 0 Å². The summed E-state index contributed by atoms with van der Waals surface area (Å²) < 4.78 is 0.714. The Morgan fingerprint density at radius 1 is 1.40 bits per heavy atom. The molecule has 0 unspecified atom stereocenters. The van der Waals surface area contributed by atoms with Crippen molar-refractivity contribution in [2.45, 2.75) is 33.7 Å². The van der Waals surface area contributed by atoms with Crippen molar-refractivity contribution in [3.8, 4) is 0 Å². The highest BCUT2D eigenvalue weighted by Crippen LogP contribution is 2.23. The molecule has 0 bridgehead atoms. The number of rotatable bonds is 3. The second-order valence-electron chi connectivity index (χ2n) is 4.39. The third kappa shape index (κ3) is 3.08. The van der Waals surface area contributed by atoms with E-state index in [2.05, 4.69) is 13.8 Å². The highest BCUT2D eigenvalue weighted by Gasteiger charge is 2.31. The molecule has 5 heteroatoms. The fraction of sp³-hybridized carbons (Fsp3) is 0.800. The lowest BCUT2D eigenvalue weighted by Crippen LogP contribution is -2.52. The number of hydrogen-bond acceptors (Lipinski definition) is 3. The average Bonchev–Trinajstić information content (AvgIpc) is 2.11. The number of carbonyl (C=O) groups is 1. The molecule has 0 aromatic carbocycles. The molecule has 3 nitrogen and oxygen atoms in total. The van der Waals surface area contributed by atoms with Crippen LogP contribution in [0.15, 0.2) is 0 Å². The second kappa shape index (κ2) is 5.16. The van der Waals surface area contributed by atoms with Crippen LogP contribution >= 0.6 is 24.0 Å². The molecule has 86 valence electrons. The first-order chi connectivity index (χ1) is 6.93. The van der Waals surface area contributed by atoms with Gasteiger partial charge in [0.25, 0.3) is 0 Å². The molecular weight excluding hydrogens is 228 g/mol. The number of hydrogen-bond donors (Lipinski definition) is 0. The van der Waals surface area contributed by atoms with Crippen LogP contribution in [-0.4, -0.2) is 38.6 Å². The predicted molar refractivity (Wildman–Crippen MR) is 69.0 cm³/mol. The van der Waals surface area contributed by atoms with Gasteiger partial charge in [-0.15, -0.1) is 0 Å². The van der Waals surface area contributed by atoms with Gasteiger partial charge in [-0.2, -0.15) is 0 Å². The Balaban J connectivity index is 2.74. The summed E-state index contributed by atoms with van der Waals surface area (Å²) >= 11 is 6.77. The maximum absolute atomic E-state index is 12.1. The van der Waals surface area contributed by atoms with E-state index in [9.17, 15) is 4.79 Å². The van der Waals surface area contributed by atoms with Gasteiger partial charge >= 0.3 is 6.03 Å². The highest BCUT2D eigenvalue weighted by molar-refractivity contribution is 8.23. The lowest BCUT2D eigenvalue weighted by molar-refractivity contribution is 0.167. The van der Waals surface area contributed by atoms with E-state index >= 15 is 0 Å². The first-order valence-corrected chi connectivity index (χ1v) is 6.57. The summed E-state index contributed by atoms with van der Waals surface area (Å²) in [5.41, 5.74) is 0. The van der Waals surface area contributed by atoms with Crippen molar-refractivity contribution in [3.63, 3.8) is 0 Å². The van der Waals surface area contributed by atoms with Gasteiger partial charge in [0.1, 0.15) is 4.32 Å². The van der Waals surface area contributed by atoms with Crippen molar-refractivity contribution in [1.29, 1.82) is 0 Å². The topological polar surface area (TPSA) is 23.6 Å². The molecule has 1 aliphatic heterocycles. The molecular formula is C10H18N2OS2. The van der Waals surface area contributed by atoms with Crippen LogP contribution in [0.5, 0.6) is 0 Å². The Bertz CT molecular complexity index is 266. The first-order valence-electron chi connectivity index (χ1n) is 5.18. The second-order valence-corrected chi connectivity index (χ2v) is 5.97. The fourth-order valence-electron chi connectivity index (χ4n) is 1.38. The largest absolute Gasteiger partial charge is 0.326 e. The van der Waals surface area contributed by atoms with Crippen molar-refractivity contribution in [2.24, 2.45) is 5.92 Å². The van der Waals surface area contributed by atoms with Crippen LogP contribution in [0.25, 0.3) is 0 Å². The molecule has 0 aromatic rings. The van der Waals surface area contributed by atoms with Gasteiger partial charge in [-0.25, -0.2) is 4.79 Å². The minimum absolute atomic E-state index is 0.0578. The lowest BCUT2D eigenvalue weighted by atomic mass is 10.2. The van der Waals surface area contributed by atoms with Crippen molar-refractivity contribution < 1.29 is 4.79 Å². The summed E-state index contributed by atoms with van der Waals surface area (Å²) in [6.07, 6.45) is 0. The molecule has 1 rings (SSSR count). The molecule has 0 aromatic heterocycles. The Morgan fingerprint density at radius 2 is 2.00 bits per heavy atom. The average molecular weight is 246 g/mol. The Labute approximate surface area is 101 Å². The van der Waals surface area contributed by atoms with Gasteiger partial charge < -0.3 is 4.90 Å². The van der Waals surface area contributed by atoms with Crippen molar-refractivity contribution in [3.05, 3.63) is 0 Å². The SMILES string of the molecule is CC(C)CN1C(=O)N(C(C)C)CSC1=S. The zero-order valence-corrected chi connectivity index (χ0v) is 11.3. The lowest BCUT2D eigenvalue weighted by Gasteiger charge is -2.38. The van der Waals surface area contributed by atoms with Crippen LogP contribution in [0, 0.1) is 5.92 Å². The highest BCUT2D eigenvalue weighted by atomic mass is 32.2. The quantitative estimate of drug-likeness (QED) is 0.715. The summed E-state index contributed by atoms with van der Waals surface area (Å²) in [6.45, 7) is 8.96. The van der Waals surface area contributed by atoms with Gasteiger partial charge in [-0.3, -0.25) is 4.90 Å². The molecule has 1 aliphatic rings. The summed E-state index contributed by atoms with van der Waals surface area (Å²) in [7, 11) is 0. The van der Waals surface area contributed by atoms with E-state index < -0.39 is 0 Å². The van der Waals surface area contributed by atoms with E-state index in [0.717, 1.165) is 0 Å². The van der Waals surface area contributed by atoms with Gasteiger partial charge in [0.2, 0.25) is 0 Å². The maximum Gasteiger partial charge on any atom is 0.326 e. The van der Waals surface area contributed by atoms with Crippen molar-refractivity contribution in [2.75, 3.05) is 12.4 Å². The minimum Gasteiger partial charge on any atom is -0.312 e. The normalized spacial score (nSPS) is 18.3. The van der Waals surface area contributed by atoms with E-state index in [4.69, 9.17) is 12.2 Å². The number of nitrogens with zero attached hydrogens (tertiary/aromatic N) is 2. The monoisotopic (exact) mass is 246 g/mol. The van der Waals surface area contributed by atoms with Crippen LogP contribution in [0.1, 0.15) is 27.7 Å². The molecule has 1 saturated heterocycles. The number of thioether (sulfide) groups is 1. The molecule has 0 aliphatic carbocycles. The summed E-state index contributed by atoms with van der Waals surface area (Å²) in [5, 5.41) is 0. The smallest absolute Gasteiger partial charge is 0.312 e. The molecule has 0 saturated carbocycles. The standard InChI is InChI=1S/C10H18N2OS2/c1-7(2)5-11-9(13)12(8(3)4)6-15-10(11)14/h7-8H,5-6H2,1-4H3. The minimum atomic E-state index is 0.0578. The van der Waals surface area contributed by atoms with Crippen molar-refractivity contribution in [1.82, 2.24) is 9.80 Å².